The number of urea groups is 1. The molecule has 4 aromatic rings. The summed E-state index contributed by atoms with van der Waals surface area (Å²) in [5, 5.41) is 26.6. The highest BCUT2D eigenvalue weighted by Gasteiger charge is 2.31. The Morgan fingerprint density at radius 2 is 1.78 bits per heavy atom. The fourth-order valence-electron chi connectivity index (χ4n) is 6.04. The van der Waals surface area contributed by atoms with Gasteiger partial charge in [0.1, 0.15) is 23.5 Å². The molecule has 0 bridgehead atoms. The smallest absolute Gasteiger partial charge is 0.320 e. The largest absolute Gasteiger partial charge is 0.484 e. The quantitative estimate of drug-likeness (QED) is 0.160. The lowest BCUT2D eigenvalue weighted by atomic mass is 9.85. The molecule has 0 aliphatic heterocycles. The Kier molecular flexibility index (Phi) is 11.3. The number of hydrogen-bond acceptors (Lipinski definition) is 10. The molecule has 3 amide bonds. The Bertz CT molecular complexity index is 1800. The number of nitrogens with one attached hydrogen (secondary N) is 3. The Morgan fingerprint density at radius 3 is 2.50 bits per heavy atom. The minimum Gasteiger partial charge on any atom is -0.484 e. The minimum atomic E-state index is -0.442. The van der Waals surface area contributed by atoms with E-state index >= 15 is 0 Å². The predicted molar refractivity (Wildman–Crippen MR) is 189 cm³/mol. The summed E-state index contributed by atoms with van der Waals surface area (Å²) in [6.07, 6.45) is 3.01. The number of ether oxygens (including phenoxy) is 2. The minimum absolute atomic E-state index is 0.0282. The van der Waals surface area contributed by atoms with Gasteiger partial charge >= 0.3 is 6.03 Å². The first-order valence-electron chi connectivity index (χ1n) is 16.9. The summed E-state index contributed by atoms with van der Waals surface area (Å²) >= 11 is 0. The van der Waals surface area contributed by atoms with Gasteiger partial charge in [-0.15, -0.1) is 10.2 Å². The summed E-state index contributed by atoms with van der Waals surface area (Å²) in [6.45, 7) is 12.0. The molecule has 14 heteroatoms. The molecule has 0 saturated carbocycles. The highest BCUT2D eigenvalue weighted by Crippen LogP contribution is 2.39. The van der Waals surface area contributed by atoms with Crippen molar-refractivity contribution in [3.8, 4) is 5.75 Å². The van der Waals surface area contributed by atoms with Gasteiger partial charge in [0.15, 0.2) is 5.65 Å². The Morgan fingerprint density at radius 1 is 1.02 bits per heavy atom. The first kappa shape index (κ1) is 36.6. The standard InChI is InChI=1S/C36H49N9O5/c1-35(2,3)28-20-29(40-31(39-28)32(47)37-16-17-44(6)18-19-46)41-34(48)38-26-13-14-27(25-11-9-8-10-24(25)26)50-23-12-15-30-42-43-33(45(30)21-23)36(4,5)22-49-7/h8-12,15,20-21,26-27,46H,13-14,16-19,22H2,1-7H3,(H,37,47)(H2,38,39,40,41,48)/t26-,27+/m0/s1. The fourth-order valence-corrected chi connectivity index (χ4v) is 6.04. The molecule has 268 valence electrons. The molecule has 14 nitrogen and oxygen atoms in total. The molecule has 0 radical (unpaired) electrons. The van der Waals surface area contributed by atoms with Gasteiger partial charge in [-0.25, -0.2) is 14.8 Å². The van der Waals surface area contributed by atoms with Crippen LogP contribution in [-0.4, -0.2) is 93.5 Å². The van der Waals surface area contributed by atoms with Gasteiger partial charge in [-0.2, -0.15) is 0 Å². The molecule has 0 saturated heterocycles. The molecule has 0 spiro atoms. The third-order valence-electron chi connectivity index (χ3n) is 8.71. The Hall–Kier alpha value is -4.66. The molecule has 3 heterocycles. The van der Waals surface area contributed by atoms with E-state index in [1.807, 2.05) is 79.7 Å². The summed E-state index contributed by atoms with van der Waals surface area (Å²) in [7, 11) is 3.53. The number of nitrogens with zero attached hydrogens (tertiary/aromatic N) is 6. The van der Waals surface area contributed by atoms with Gasteiger partial charge in [-0.1, -0.05) is 58.9 Å². The molecular formula is C36H49N9O5. The molecule has 1 aromatic carbocycles. The highest BCUT2D eigenvalue weighted by atomic mass is 16.5. The molecule has 1 aliphatic carbocycles. The number of pyridine rings is 1. The zero-order valence-corrected chi connectivity index (χ0v) is 30.0. The van der Waals surface area contributed by atoms with Crippen LogP contribution in [0.1, 0.15) is 92.9 Å². The predicted octanol–water partition coefficient (Wildman–Crippen LogP) is 4.17. The van der Waals surface area contributed by atoms with Gasteiger partial charge in [0.25, 0.3) is 5.91 Å². The van der Waals surface area contributed by atoms with Crippen LogP contribution >= 0.6 is 0 Å². The van der Waals surface area contributed by atoms with E-state index in [9.17, 15) is 9.59 Å². The second-order valence-electron chi connectivity index (χ2n) is 14.4. The van der Waals surface area contributed by atoms with E-state index in [4.69, 9.17) is 14.6 Å². The van der Waals surface area contributed by atoms with Crippen LogP contribution in [0.2, 0.25) is 0 Å². The Labute approximate surface area is 293 Å². The average molecular weight is 688 g/mol. The average Bonchev–Trinajstić information content (AvgIpc) is 3.50. The van der Waals surface area contributed by atoms with Crippen LogP contribution in [-0.2, 0) is 15.6 Å². The molecule has 50 heavy (non-hydrogen) atoms. The van der Waals surface area contributed by atoms with Gasteiger partial charge in [0.05, 0.1) is 31.1 Å². The SMILES string of the molecule is COCC(C)(C)c1nnc2ccc(O[C@@H]3CC[C@H](NC(=O)Nc4cc(C(C)(C)C)nc(C(=O)NCCN(C)CCO)n4)c4ccccc43)cn12. The van der Waals surface area contributed by atoms with Crippen LogP contribution in [0.4, 0.5) is 10.6 Å². The zero-order valence-electron chi connectivity index (χ0n) is 30.0. The molecule has 2 atom stereocenters. The topological polar surface area (TPSA) is 168 Å². The first-order chi connectivity index (χ1) is 23.8. The lowest BCUT2D eigenvalue weighted by molar-refractivity contribution is 0.0938. The summed E-state index contributed by atoms with van der Waals surface area (Å²) in [6, 6.07) is 12.7. The van der Waals surface area contributed by atoms with Crippen LogP contribution in [0.3, 0.4) is 0 Å². The van der Waals surface area contributed by atoms with E-state index in [2.05, 4.69) is 50.0 Å². The number of carbonyl (C=O) groups is 2. The van der Waals surface area contributed by atoms with Crippen LogP contribution in [0, 0.1) is 0 Å². The summed E-state index contributed by atoms with van der Waals surface area (Å²) in [5.41, 5.74) is 2.56. The molecular weight excluding hydrogens is 638 g/mol. The van der Waals surface area contributed by atoms with Gasteiger partial charge in [-0.3, -0.25) is 14.5 Å². The summed E-state index contributed by atoms with van der Waals surface area (Å²) in [5.74, 6) is 1.23. The lowest BCUT2D eigenvalue weighted by Gasteiger charge is -2.32. The summed E-state index contributed by atoms with van der Waals surface area (Å²) in [4.78, 5) is 37.2. The number of aliphatic hydroxyl groups excluding tert-OH is 1. The molecule has 0 unspecified atom stereocenters. The summed E-state index contributed by atoms with van der Waals surface area (Å²) < 4.78 is 13.9. The van der Waals surface area contributed by atoms with Crippen molar-refractivity contribution in [3.63, 3.8) is 0 Å². The number of benzene rings is 1. The number of anilines is 1. The number of aliphatic hydroxyl groups is 1. The van der Waals surface area contributed by atoms with Crippen LogP contribution in [0.15, 0.2) is 48.7 Å². The maximum atomic E-state index is 13.4. The van der Waals surface area contributed by atoms with Crippen molar-refractivity contribution in [2.24, 2.45) is 0 Å². The molecule has 5 rings (SSSR count). The van der Waals surface area contributed by atoms with Crippen molar-refractivity contribution in [1.82, 2.24) is 40.1 Å². The fraction of sp³-hybridized carbons (Fsp3) is 0.500. The molecule has 0 fully saturated rings. The van der Waals surface area contributed by atoms with E-state index in [0.717, 1.165) is 22.6 Å². The molecule has 1 aliphatic rings. The number of fused-ring (bicyclic) bond motifs is 2. The molecule has 4 N–H and O–H groups in total. The van der Waals surface area contributed by atoms with E-state index in [1.54, 1.807) is 13.2 Å². The van der Waals surface area contributed by atoms with Gasteiger partial charge in [0, 0.05) is 43.6 Å². The van der Waals surface area contributed by atoms with Crippen LogP contribution in [0.25, 0.3) is 5.65 Å². The highest BCUT2D eigenvalue weighted by molar-refractivity contribution is 5.92. The monoisotopic (exact) mass is 687 g/mol. The lowest BCUT2D eigenvalue weighted by Crippen LogP contribution is -2.37. The van der Waals surface area contributed by atoms with Gasteiger partial charge < -0.3 is 30.1 Å². The van der Waals surface area contributed by atoms with E-state index < -0.39 is 17.4 Å². The number of carbonyl (C=O) groups excluding carboxylic acids is 2. The van der Waals surface area contributed by atoms with Gasteiger partial charge in [-0.05, 0) is 43.1 Å². The third kappa shape index (κ3) is 8.73. The van der Waals surface area contributed by atoms with E-state index in [1.165, 1.54) is 0 Å². The molecule has 3 aromatic heterocycles. The number of hydrogen-bond donors (Lipinski definition) is 4. The normalized spacial score (nSPS) is 16.3. The number of aromatic nitrogens is 5. The van der Waals surface area contributed by atoms with Gasteiger partial charge in [0.2, 0.25) is 5.82 Å². The number of rotatable bonds is 13. The Balaban J connectivity index is 1.29. The van der Waals surface area contributed by atoms with Crippen molar-refractivity contribution in [1.29, 1.82) is 0 Å². The van der Waals surface area contributed by atoms with E-state index in [-0.39, 0.29) is 35.8 Å². The van der Waals surface area contributed by atoms with Crippen molar-refractivity contribution < 1.29 is 24.2 Å². The van der Waals surface area contributed by atoms with Crippen molar-refractivity contribution >= 4 is 23.4 Å². The zero-order chi connectivity index (χ0) is 36.1. The number of likely N-dealkylation sites (N-methyl/N-ethyl adjacent to an activating group) is 1. The maximum absolute atomic E-state index is 13.4. The van der Waals surface area contributed by atoms with Crippen molar-refractivity contribution in [3.05, 3.63) is 77.1 Å². The van der Waals surface area contributed by atoms with E-state index in [0.29, 0.717) is 50.5 Å². The number of methoxy groups -OCH3 is 1. The first-order valence-corrected chi connectivity index (χ1v) is 16.9. The van der Waals surface area contributed by atoms with Crippen LogP contribution < -0.4 is 20.7 Å². The van der Waals surface area contributed by atoms with Crippen molar-refractivity contribution in [2.75, 3.05) is 52.3 Å². The number of amides is 3. The van der Waals surface area contributed by atoms with Crippen molar-refractivity contribution in [2.45, 2.75) is 70.4 Å². The second kappa shape index (κ2) is 15.5. The maximum Gasteiger partial charge on any atom is 0.320 e. The third-order valence-corrected chi connectivity index (χ3v) is 8.71. The second-order valence-corrected chi connectivity index (χ2v) is 14.4. The van der Waals surface area contributed by atoms with Crippen LogP contribution in [0.5, 0.6) is 5.75 Å².